The van der Waals surface area contributed by atoms with E-state index >= 15 is 0 Å². The largest absolute Gasteiger partial charge is 0.497 e. The SMILES string of the molecule is COc1ccc(NC(=O)Cc2ccc(C(=O)O)cc2)c(C(F)(F)F)c1. The smallest absolute Gasteiger partial charge is 0.418 e. The Morgan fingerprint density at radius 3 is 2.28 bits per heavy atom. The van der Waals surface area contributed by atoms with Gasteiger partial charge in [0.15, 0.2) is 0 Å². The van der Waals surface area contributed by atoms with Gasteiger partial charge in [-0.25, -0.2) is 4.79 Å². The number of aromatic carboxylic acids is 1. The van der Waals surface area contributed by atoms with E-state index in [4.69, 9.17) is 9.84 Å². The van der Waals surface area contributed by atoms with Gasteiger partial charge in [0.2, 0.25) is 5.91 Å². The number of carbonyl (C=O) groups excluding carboxylic acids is 1. The molecule has 0 heterocycles. The van der Waals surface area contributed by atoms with Crippen LogP contribution in [-0.2, 0) is 17.4 Å². The summed E-state index contributed by atoms with van der Waals surface area (Å²) < 4.78 is 44.1. The fraction of sp³-hybridized carbons (Fsp3) is 0.176. The number of ether oxygens (including phenoxy) is 1. The number of rotatable bonds is 5. The molecule has 5 nitrogen and oxygen atoms in total. The van der Waals surface area contributed by atoms with Gasteiger partial charge in [-0.15, -0.1) is 0 Å². The quantitative estimate of drug-likeness (QED) is 0.861. The lowest BCUT2D eigenvalue weighted by atomic mass is 10.1. The number of halogens is 3. The van der Waals surface area contributed by atoms with Crippen LogP contribution in [0.15, 0.2) is 42.5 Å². The topological polar surface area (TPSA) is 75.6 Å². The highest BCUT2D eigenvalue weighted by atomic mass is 19.4. The lowest BCUT2D eigenvalue weighted by Crippen LogP contribution is -2.18. The van der Waals surface area contributed by atoms with Crippen LogP contribution in [0.1, 0.15) is 21.5 Å². The number of alkyl halides is 3. The lowest BCUT2D eigenvalue weighted by molar-refractivity contribution is -0.137. The maximum absolute atomic E-state index is 13.1. The van der Waals surface area contributed by atoms with Crippen LogP contribution in [-0.4, -0.2) is 24.1 Å². The molecule has 25 heavy (non-hydrogen) atoms. The van der Waals surface area contributed by atoms with Gasteiger partial charge in [0.1, 0.15) is 5.75 Å². The first kappa shape index (κ1) is 18.3. The Balaban J connectivity index is 2.16. The maximum atomic E-state index is 13.1. The van der Waals surface area contributed by atoms with Crippen LogP contribution < -0.4 is 10.1 Å². The van der Waals surface area contributed by atoms with Crippen molar-refractivity contribution in [3.05, 3.63) is 59.2 Å². The fourth-order valence-electron chi connectivity index (χ4n) is 2.14. The molecule has 0 aliphatic rings. The van der Waals surface area contributed by atoms with Crippen LogP contribution in [0.3, 0.4) is 0 Å². The number of hydrogen-bond donors (Lipinski definition) is 2. The number of methoxy groups -OCH3 is 1. The number of carboxylic acid groups (broad SMARTS) is 1. The van der Waals surface area contributed by atoms with Crippen LogP contribution in [0.2, 0.25) is 0 Å². The number of benzene rings is 2. The number of carbonyl (C=O) groups is 2. The highest BCUT2D eigenvalue weighted by Gasteiger charge is 2.34. The molecule has 1 amide bonds. The molecule has 132 valence electrons. The van der Waals surface area contributed by atoms with E-state index < -0.39 is 23.6 Å². The zero-order chi connectivity index (χ0) is 18.6. The predicted molar refractivity (Wildman–Crippen MR) is 83.7 cm³/mol. The van der Waals surface area contributed by atoms with E-state index in [1.165, 1.54) is 37.4 Å². The summed E-state index contributed by atoms with van der Waals surface area (Å²) in [6, 6.07) is 8.74. The Kier molecular flexibility index (Phi) is 5.31. The summed E-state index contributed by atoms with van der Waals surface area (Å²) in [6.07, 6.45) is -4.84. The van der Waals surface area contributed by atoms with Crippen molar-refractivity contribution in [2.75, 3.05) is 12.4 Å². The second kappa shape index (κ2) is 7.25. The third-order valence-electron chi connectivity index (χ3n) is 3.37. The van der Waals surface area contributed by atoms with Gasteiger partial charge >= 0.3 is 12.1 Å². The van der Waals surface area contributed by atoms with Crippen molar-refractivity contribution in [2.24, 2.45) is 0 Å². The van der Waals surface area contributed by atoms with E-state index in [0.29, 0.717) is 5.56 Å². The summed E-state index contributed by atoms with van der Waals surface area (Å²) in [4.78, 5) is 22.8. The zero-order valence-corrected chi connectivity index (χ0v) is 13.1. The summed E-state index contributed by atoms with van der Waals surface area (Å²) in [5.74, 6) is -1.74. The molecule has 0 spiro atoms. The van der Waals surface area contributed by atoms with E-state index in [2.05, 4.69) is 5.32 Å². The third-order valence-corrected chi connectivity index (χ3v) is 3.37. The predicted octanol–water partition coefficient (Wildman–Crippen LogP) is 3.59. The molecule has 0 unspecified atom stereocenters. The molecule has 8 heteroatoms. The Morgan fingerprint density at radius 2 is 1.76 bits per heavy atom. The van der Waals surface area contributed by atoms with Crippen molar-refractivity contribution in [1.82, 2.24) is 0 Å². The highest BCUT2D eigenvalue weighted by molar-refractivity contribution is 5.93. The fourth-order valence-corrected chi connectivity index (χ4v) is 2.14. The van der Waals surface area contributed by atoms with E-state index in [1.807, 2.05) is 0 Å². The first-order chi connectivity index (χ1) is 11.7. The van der Waals surface area contributed by atoms with E-state index in [9.17, 15) is 22.8 Å². The number of anilines is 1. The summed E-state index contributed by atoms with van der Waals surface area (Å²) in [5, 5.41) is 11.0. The second-order valence-electron chi connectivity index (χ2n) is 5.14. The second-order valence-corrected chi connectivity index (χ2v) is 5.14. The molecule has 0 aliphatic heterocycles. The molecule has 0 aromatic heterocycles. The molecule has 0 bridgehead atoms. The molecule has 2 aromatic rings. The van der Waals surface area contributed by atoms with Gasteiger partial charge in [-0.2, -0.15) is 13.2 Å². The standard InChI is InChI=1S/C17H14F3NO4/c1-25-12-6-7-14(13(9-12)17(18,19)20)21-15(22)8-10-2-4-11(5-3-10)16(23)24/h2-7,9H,8H2,1H3,(H,21,22)(H,23,24). The number of hydrogen-bond acceptors (Lipinski definition) is 3. The molecule has 0 aliphatic carbocycles. The summed E-state index contributed by atoms with van der Waals surface area (Å²) in [5.41, 5.74) is -0.856. The van der Waals surface area contributed by atoms with Crippen LogP contribution in [0.5, 0.6) is 5.75 Å². The summed E-state index contributed by atoms with van der Waals surface area (Å²) in [7, 11) is 1.24. The van der Waals surface area contributed by atoms with Crippen molar-refractivity contribution in [3.8, 4) is 5.75 Å². The van der Waals surface area contributed by atoms with E-state index in [0.717, 1.165) is 12.1 Å². The molecule has 2 rings (SSSR count). The summed E-state index contributed by atoms with van der Waals surface area (Å²) in [6.45, 7) is 0. The summed E-state index contributed by atoms with van der Waals surface area (Å²) >= 11 is 0. The Morgan fingerprint density at radius 1 is 1.12 bits per heavy atom. The van der Waals surface area contributed by atoms with Gasteiger partial charge in [-0.05, 0) is 35.9 Å². The Labute approximate surface area is 141 Å². The van der Waals surface area contributed by atoms with Gasteiger partial charge in [-0.3, -0.25) is 4.79 Å². The molecule has 2 N–H and O–H groups in total. The van der Waals surface area contributed by atoms with Crippen LogP contribution in [0.4, 0.5) is 18.9 Å². The first-order valence-electron chi connectivity index (χ1n) is 7.08. The zero-order valence-electron chi connectivity index (χ0n) is 13.1. The van der Waals surface area contributed by atoms with Crippen molar-refractivity contribution in [1.29, 1.82) is 0 Å². The average molecular weight is 353 g/mol. The average Bonchev–Trinajstić information content (AvgIpc) is 2.54. The molecular weight excluding hydrogens is 339 g/mol. The number of carboxylic acids is 1. The minimum absolute atomic E-state index is 0.0228. The number of nitrogens with one attached hydrogen (secondary N) is 1. The van der Waals surface area contributed by atoms with E-state index in [-0.39, 0.29) is 23.4 Å². The monoisotopic (exact) mass is 353 g/mol. The van der Waals surface area contributed by atoms with Gasteiger partial charge < -0.3 is 15.2 Å². The Bertz CT molecular complexity index is 785. The van der Waals surface area contributed by atoms with Gasteiger partial charge in [0, 0.05) is 0 Å². The van der Waals surface area contributed by atoms with Gasteiger partial charge in [0.25, 0.3) is 0 Å². The first-order valence-corrected chi connectivity index (χ1v) is 7.08. The molecule has 0 atom stereocenters. The van der Waals surface area contributed by atoms with Crippen molar-refractivity contribution in [2.45, 2.75) is 12.6 Å². The molecule has 0 saturated carbocycles. The molecule has 0 saturated heterocycles. The molecule has 0 fully saturated rings. The third kappa shape index (κ3) is 4.72. The maximum Gasteiger partial charge on any atom is 0.418 e. The molecule has 2 aromatic carbocycles. The van der Waals surface area contributed by atoms with Crippen LogP contribution in [0.25, 0.3) is 0 Å². The lowest BCUT2D eigenvalue weighted by Gasteiger charge is -2.15. The normalized spacial score (nSPS) is 11.0. The van der Waals surface area contributed by atoms with Crippen molar-refractivity contribution >= 4 is 17.6 Å². The molecular formula is C17H14F3NO4. The van der Waals surface area contributed by atoms with Crippen LogP contribution in [0, 0.1) is 0 Å². The van der Waals surface area contributed by atoms with Gasteiger partial charge in [-0.1, -0.05) is 12.1 Å². The number of amides is 1. The van der Waals surface area contributed by atoms with E-state index in [1.54, 1.807) is 0 Å². The molecule has 0 radical (unpaired) electrons. The minimum atomic E-state index is -4.65. The highest BCUT2D eigenvalue weighted by Crippen LogP contribution is 2.37. The Hall–Kier alpha value is -3.03. The van der Waals surface area contributed by atoms with Crippen molar-refractivity contribution in [3.63, 3.8) is 0 Å². The van der Waals surface area contributed by atoms with Gasteiger partial charge in [0.05, 0.1) is 30.3 Å². The minimum Gasteiger partial charge on any atom is -0.497 e. The van der Waals surface area contributed by atoms with Crippen molar-refractivity contribution < 1.29 is 32.6 Å². The van der Waals surface area contributed by atoms with Crippen LogP contribution >= 0.6 is 0 Å².